The van der Waals surface area contributed by atoms with Crippen molar-refractivity contribution in [1.29, 1.82) is 0 Å². The van der Waals surface area contributed by atoms with E-state index in [1.54, 1.807) is 0 Å². The summed E-state index contributed by atoms with van der Waals surface area (Å²) in [6.07, 6.45) is 5.21. The minimum atomic E-state index is -3.67. The number of carbonyl (C=O) groups is 2. The number of alkyl halides is 4. The van der Waals surface area contributed by atoms with Gasteiger partial charge in [0.25, 0.3) is 0 Å². The molecule has 34 heavy (non-hydrogen) atoms. The van der Waals surface area contributed by atoms with Crippen molar-refractivity contribution in [3.05, 3.63) is 35.4 Å². The van der Waals surface area contributed by atoms with Gasteiger partial charge in [0.2, 0.25) is 0 Å². The van der Waals surface area contributed by atoms with Gasteiger partial charge in [0.15, 0.2) is 5.13 Å². The average Bonchev–Trinajstić information content (AvgIpc) is 2.78. The molecule has 0 aliphatic carbocycles. The average molecular weight is 505 g/mol. The van der Waals surface area contributed by atoms with Gasteiger partial charge in [0.05, 0.1) is 24.2 Å². The summed E-state index contributed by atoms with van der Waals surface area (Å²) in [4.78, 5) is 24.8. The molecule has 1 aromatic carbocycles. The highest BCUT2D eigenvalue weighted by atomic mass is 35.5. The first kappa shape index (κ1) is 28.5. The number of fused-ring (bicyclic) bond motifs is 1. The van der Waals surface area contributed by atoms with Crippen molar-refractivity contribution in [2.24, 2.45) is 0 Å². The van der Waals surface area contributed by atoms with Crippen molar-refractivity contribution >= 4 is 23.5 Å². The highest BCUT2D eigenvalue weighted by molar-refractivity contribution is 6.22. The van der Waals surface area contributed by atoms with Crippen LogP contribution in [0.25, 0.3) is 0 Å². The van der Waals surface area contributed by atoms with Crippen molar-refractivity contribution in [3.8, 4) is 0 Å². The molecule has 4 nitrogen and oxygen atoms in total. The fourth-order valence-corrected chi connectivity index (χ4v) is 4.33. The van der Waals surface area contributed by atoms with E-state index >= 15 is 0 Å². The van der Waals surface area contributed by atoms with Gasteiger partial charge in [-0.2, -0.15) is 8.78 Å². The molecule has 1 aromatic rings. The number of carbonyl (C=O) groups excluding carboxylic acids is 2. The van der Waals surface area contributed by atoms with E-state index in [1.807, 2.05) is 0 Å². The van der Waals surface area contributed by atoms with Crippen LogP contribution in [-0.2, 0) is 9.47 Å². The van der Waals surface area contributed by atoms with Crippen molar-refractivity contribution < 1.29 is 32.2 Å². The maximum absolute atomic E-state index is 14.4. The number of ether oxygens (including phenoxy) is 2. The van der Waals surface area contributed by atoms with E-state index in [9.17, 15) is 22.8 Å². The van der Waals surface area contributed by atoms with Crippen LogP contribution < -0.4 is 0 Å². The third-order valence-electron chi connectivity index (χ3n) is 6.04. The van der Waals surface area contributed by atoms with Crippen LogP contribution in [0.1, 0.15) is 117 Å². The summed E-state index contributed by atoms with van der Waals surface area (Å²) in [7, 11) is 0. The maximum atomic E-state index is 14.4. The Hall–Kier alpha value is -1.76. The predicted molar refractivity (Wildman–Crippen MR) is 126 cm³/mol. The van der Waals surface area contributed by atoms with Gasteiger partial charge in [-0.3, -0.25) is 0 Å². The van der Waals surface area contributed by atoms with Crippen LogP contribution in [0.5, 0.6) is 0 Å². The lowest BCUT2D eigenvalue weighted by molar-refractivity contribution is -0.205. The molecule has 1 atom stereocenters. The van der Waals surface area contributed by atoms with Gasteiger partial charge in [-0.25, -0.2) is 14.0 Å². The monoisotopic (exact) mass is 504 g/mol. The predicted octanol–water partition coefficient (Wildman–Crippen LogP) is 8.36. The molecular weight excluding hydrogens is 469 g/mol. The number of esters is 2. The number of cyclic esters (lactones) is 2. The van der Waals surface area contributed by atoms with E-state index in [-0.39, 0.29) is 30.6 Å². The Balaban J connectivity index is 1.97. The molecule has 0 amide bonds. The zero-order valence-electron chi connectivity index (χ0n) is 19.8. The van der Waals surface area contributed by atoms with Crippen LogP contribution in [0, 0.1) is 0 Å². The molecule has 2 rings (SSSR count). The number of hydrogen-bond donors (Lipinski definition) is 0. The van der Waals surface area contributed by atoms with Gasteiger partial charge in [0.1, 0.15) is 0 Å². The lowest BCUT2D eigenvalue weighted by Gasteiger charge is -2.19. The molecule has 1 aliphatic rings. The highest BCUT2D eigenvalue weighted by Gasteiger charge is 2.35. The zero-order chi connectivity index (χ0) is 24.9. The third kappa shape index (κ3) is 11.1. The lowest BCUT2D eigenvalue weighted by atomic mass is 10.0. The van der Waals surface area contributed by atoms with Gasteiger partial charge in [0, 0.05) is 0 Å². The Bertz CT molecular complexity index is 770. The molecule has 0 spiro atoms. The molecule has 0 fully saturated rings. The van der Waals surface area contributed by atoms with Crippen molar-refractivity contribution in [1.82, 2.24) is 0 Å². The summed E-state index contributed by atoms with van der Waals surface area (Å²) in [6, 6.07) is 5.65. The highest BCUT2D eigenvalue weighted by Crippen LogP contribution is 2.32. The van der Waals surface area contributed by atoms with Crippen LogP contribution in [0.3, 0.4) is 0 Å². The summed E-state index contributed by atoms with van der Waals surface area (Å²) in [5, 5.41) is -1.74. The fourth-order valence-electron chi connectivity index (χ4n) is 4.06. The van der Waals surface area contributed by atoms with Gasteiger partial charge in [-0.1, -0.05) is 75.1 Å². The first-order valence-electron chi connectivity index (χ1n) is 12.5. The molecule has 0 aromatic heterocycles. The summed E-state index contributed by atoms with van der Waals surface area (Å²) in [6.45, 7) is 0.187. The summed E-state index contributed by atoms with van der Waals surface area (Å²) >= 11 is 5.98. The second-order valence-electron chi connectivity index (χ2n) is 9.06. The number of hydrogen-bond acceptors (Lipinski definition) is 4. The van der Waals surface area contributed by atoms with Crippen LogP contribution in [0.4, 0.5) is 13.2 Å². The van der Waals surface area contributed by atoms with Crippen LogP contribution in [0.2, 0.25) is 0 Å². The second kappa shape index (κ2) is 14.6. The van der Waals surface area contributed by atoms with Crippen molar-refractivity contribution in [3.63, 3.8) is 0 Å². The second-order valence-corrected chi connectivity index (χ2v) is 9.73. The summed E-state index contributed by atoms with van der Waals surface area (Å²) < 4.78 is 52.5. The molecule has 0 saturated carbocycles. The van der Waals surface area contributed by atoms with Crippen LogP contribution >= 0.6 is 11.6 Å². The Morgan fingerprint density at radius 3 is 1.65 bits per heavy atom. The number of benzene rings is 1. The SMILES string of the molecule is O=C1OCCCCCCCCCCC(F)(Cl)CCCCCCC(F)(F)OC(=O)c2ccccc21. The molecule has 0 radical (unpaired) electrons. The molecule has 1 heterocycles. The first-order valence-corrected chi connectivity index (χ1v) is 12.8. The molecule has 0 bridgehead atoms. The smallest absolute Gasteiger partial charge is 0.400 e. The van der Waals surface area contributed by atoms with E-state index in [4.69, 9.17) is 16.3 Å². The Kier molecular flexibility index (Phi) is 12.2. The van der Waals surface area contributed by atoms with Crippen molar-refractivity contribution in [2.75, 3.05) is 6.61 Å². The first-order chi connectivity index (χ1) is 16.2. The Morgan fingerprint density at radius 1 is 0.647 bits per heavy atom. The molecule has 8 heteroatoms. The van der Waals surface area contributed by atoms with Crippen LogP contribution in [0.15, 0.2) is 24.3 Å². The van der Waals surface area contributed by atoms with Crippen LogP contribution in [-0.4, -0.2) is 29.8 Å². The summed E-state index contributed by atoms with van der Waals surface area (Å²) in [5.41, 5.74) is -0.337. The Morgan fingerprint density at radius 2 is 1.09 bits per heavy atom. The lowest BCUT2D eigenvalue weighted by Crippen LogP contribution is -2.26. The minimum Gasteiger partial charge on any atom is -0.462 e. The van der Waals surface area contributed by atoms with E-state index in [0.29, 0.717) is 32.1 Å². The van der Waals surface area contributed by atoms with Gasteiger partial charge in [-0.15, -0.1) is 0 Å². The van der Waals surface area contributed by atoms with Gasteiger partial charge >= 0.3 is 18.0 Å². The van der Waals surface area contributed by atoms with E-state index < -0.39 is 29.6 Å². The van der Waals surface area contributed by atoms with Crippen molar-refractivity contribution in [2.45, 2.75) is 108 Å². The van der Waals surface area contributed by atoms with E-state index in [1.165, 1.54) is 24.3 Å². The minimum absolute atomic E-state index is 0.0893. The quantitative estimate of drug-likeness (QED) is 0.263. The molecule has 0 saturated heterocycles. The molecule has 1 unspecified atom stereocenters. The number of halogens is 4. The molecular formula is C26H36ClF3O4. The standard InChI is InChI=1S/C26H36ClF3O4/c27-25(28)17-11-5-3-1-2-4-8-14-20-33-23(31)21-15-9-10-16-22(21)24(32)34-26(29,30)19-13-7-6-12-18-25/h9-10,15-16H,1-8,11-14,17-20H2. The molecule has 1 aliphatic heterocycles. The largest absolute Gasteiger partial charge is 0.462 e. The fraction of sp³-hybridized carbons (Fsp3) is 0.692. The van der Waals surface area contributed by atoms with E-state index in [2.05, 4.69) is 4.74 Å². The topological polar surface area (TPSA) is 52.6 Å². The van der Waals surface area contributed by atoms with Gasteiger partial charge in [-0.05, 0) is 50.7 Å². The summed E-state index contributed by atoms with van der Waals surface area (Å²) in [5.74, 6) is -2.00. The molecule has 0 N–H and O–H groups in total. The zero-order valence-corrected chi connectivity index (χ0v) is 20.5. The normalized spacial score (nSPS) is 25.3. The number of rotatable bonds is 0. The Labute approximate surface area is 205 Å². The van der Waals surface area contributed by atoms with E-state index in [0.717, 1.165) is 44.9 Å². The maximum Gasteiger partial charge on any atom is 0.400 e. The van der Waals surface area contributed by atoms with Gasteiger partial charge < -0.3 is 9.47 Å². The molecule has 192 valence electrons. The third-order valence-corrected chi connectivity index (χ3v) is 6.42.